The first kappa shape index (κ1) is 14.8. The lowest BCUT2D eigenvalue weighted by atomic mass is 9.50. The highest BCUT2D eigenvalue weighted by molar-refractivity contribution is 5.93. The van der Waals surface area contributed by atoms with Crippen LogP contribution in [0.15, 0.2) is 12.2 Å². The van der Waals surface area contributed by atoms with Crippen LogP contribution in [0, 0.1) is 34.5 Å². The molecule has 3 unspecified atom stereocenters. The Balaban J connectivity index is 2.38. The lowest BCUT2D eigenvalue weighted by molar-refractivity contribution is -0.132. The summed E-state index contributed by atoms with van der Waals surface area (Å²) in [5, 5.41) is 0. The predicted octanol–water partition coefficient (Wildman–Crippen LogP) is 4.87. The molecule has 1 fully saturated rings. The van der Waals surface area contributed by atoms with Gasteiger partial charge in [-0.05, 0) is 53.9 Å². The van der Waals surface area contributed by atoms with Crippen LogP contribution in [-0.4, -0.2) is 5.78 Å². The summed E-state index contributed by atoms with van der Waals surface area (Å²) < 4.78 is 0. The predicted molar refractivity (Wildman–Crippen MR) is 80.9 cm³/mol. The minimum absolute atomic E-state index is 0.185. The molecular weight excluding hydrogens is 232 g/mol. The van der Waals surface area contributed by atoms with Gasteiger partial charge in [0.25, 0.3) is 0 Å². The van der Waals surface area contributed by atoms with Crippen molar-refractivity contribution >= 4 is 5.78 Å². The van der Waals surface area contributed by atoms with Crippen LogP contribution in [-0.2, 0) is 4.79 Å². The van der Waals surface area contributed by atoms with Crippen LogP contribution in [0.25, 0.3) is 0 Å². The summed E-state index contributed by atoms with van der Waals surface area (Å²) in [5.74, 6) is 2.41. The molecule has 0 aliphatic heterocycles. The Bertz CT molecular complexity index is 386. The zero-order valence-electron chi connectivity index (χ0n) is 13.5. The van der Waals surface area contributed by atoms with Crippen LogP contribution in [0.4, 0.5) is 0 Å². The highest BCUT2D eigenvalue weighted by Gasteiger charge is 2.51. The van der Waals surface area contributed by atoms with Crippen molar-refractivity contribution in [3.63, 3.8) is 0 Å². The fraction of sp³-hybridized carbons (Fsp3) is 0.833. The fourth-order valence-corrected chi connectivity index (χ4v) is 4.40. The van der Waals surface area contributed by atoms with Crippen molar-refractivity contribution in [2.24, 2.45) is 34.5 Å². The Kier molecular flexibility index (Phi) is 3.70. The van der Waals surface area contributed by atoms with Crippen LogP contribution >= 0.6 is 0 Å². The quantitative estimate of drug-likeness (QED) is 0.694. The van der Waals surface area contributed by atoms with Crippen molar-refractivity contribution in [1.82, 2.24) is 0 Å². The Hall–Kier alpha value is -0.590. The van der Waals surface area contributed by atoms with Crippen molar-refractivity contribution in [3.8, 4) is 0 Å². The maximum absolute atomic E-state index is 12.5. The molecule has 0 radical (unpaired) electrons. The molecular formula is C18H30O. The van der Waals surface area contributed by atoms with E-state index in [-0.39, 0.29) is 11.3 Å². The average molecular weight is 262 g/mol. The van der Waals surface area contributed by atoms with Gasteiger partial charge >= 0.3 is 0 Å². The van der Waals surface area contributed by atoms with Gasteiger partial charge in [-0.3, -0.25) is 4.79 Å². The molecule has 3 atom stereocenters. The Morgan fingerprint density at radius 3 is 2.47 bits per heavy atom. The lowest BCUT2D eigenvalue weighted by Gasteiger charge is -2.53. The number of fused-ring (bicyclic) bond motifs is 1. The van der Waals surface area contributed by atoms with Gasteiger partial charge in [-0.1, -0.05) is 47.6 Å². The van der Waals surface area contributed by atoms with Gasteiger partial charge in [0.1, 0.15) is 0 Å². The van der Waals surface area contributed by atoms with Crippen molar-refractivity contribution < 1.29 is 4.79 Å². The van der Waals surface area contributed by atoms with E-state index in [1.165, 1.54) is 19.3 Å². The van der Waals surface area contributed by atoms with Crippen LogP contribution < -0.4 is 0 Å². The first-order chi connectivity index (χ1) is 8.65. The van der Waals surface area contributed by atoms with E-state index in [1.807, 2.05) is 6.08 Å². The second-order valence-corrected chi connectivity index (χ2v) is 8.45. The van der Waals surface area contributed by atoms with E-state index >= 15 is 0 Å². The van der Waals surface area contributed by atoms with Gasteiger partial charge in [-0.2, -0.15) is 0 Å². The highest BCUT2D eigenvalue weighted by Crippen LogP contribution is 2.56. The third kappa shape index (κ3) is 2.66. The maximum atomic E-state index is 12.5. The lowest BCUT2D eigenvalue weighted by Crippen LogP contribution is -2.49. The van der Waals surface area contributed by atoms with Gasteiger partial charge in [-0.15, -0.1) is 0 Å². The first-order valence-electron chi connectivity index (χ1n) is 7.88. The van der Waals surface area contributed by atoms with E-state index < -0.39 is 0 Å². The van der Waals surface area contributed by atoms with Gasteiger partial charge < -0.3 is 0 Å². The summed E-state index contributed by atoms with van der Waals surface area (Å²) in [7, 11) is 0. The second kappa shape index (κ2) is 4.75. The summed E-state index contributed by atoms with van der Waals surface area (Å²) in [4.78, 5) is 12.5. The molecule has 1 saturated carbocycles. The fourth-order valence-electron chi connectivity index (χ4n) is 4.40. The Labute approximate surface area is 118 Å². The van der Waals surface area contributed by atoms with Crippen LogP contribution in [0.3, 0.4) is 0 Å². The Morgan fingerprint density at radius 1 is 1.26 bits per heavy atom. The third-order valence-electron chi connectivity index (χ3n) is 5.66. The van der Waals surface area contributed by atoms with Crippen molar-refractivity contribution in [1.29, 1.82) is 0 Å². The molecule has 0 aromatic heterocycles. The molecule has 0 heterocycles. The molecule has 0 saturated heterocycles. The zero-order chi connectivity index (χ0) is 14.4. The minimum atomic E-state index is 0.185. The summed E-state index contributed by atoms with van der Waals surface area (Å²) >= 11 is 0. The van der Waals surface area contributed by atoms with Gasteiger partial charge in [0, 0.05) is 5.92 Å². The number of carbonyl (C=O) groups excluding carboxylic acids is 1. The largest absolute Gasteiger partial charge is 0.295 e. The van der Waals surface area contributed by atoms with Gasteiger partial charge in [-0.25, -0.2) is 0 Å². The van der Waals surface area contributed by atoms with Crippen LogP contribution in [0.1, 0.15) is 60.8 Å². The van der Waals surface area contributed by atoms with Crippen molar-refractivity contribution in [2.45, 2.75) is 60.8 Å². The van der Waals surface area contributed by atoms with Crippen molar-refractivity contribution in [2.75, 3.05) is 0 Å². The molecule has 0 aromatic rings. The molecule has 2 aliphatic carbocycles. The zero-order valence-corrected chi connectivity index (χ0v) is 13.5. The molecule has 0 amide bonds. The minimum Gasteiger partial charge on any atom is -0.295 e. The molecule has 0 spiro atoms. The molecule has 2 rings (SSSR count). The van der Waals surface area contributed by atoms with E-state index in [0.717, 1.165) is 0 Å². The van der Waals surface area contributed by atoms with Crippen LogP contribution in [0.2, 0.25) is 0 Å². The third-order valence-corrected chi connectivity index (χ3v) is 5.66. The number of allylic oxidation sites excluding steroid dienone is 2. The number of ketones is 1. The molecule has 108 valence electrons. The SMILES string of the molecule is CC(C)CC1C2C(=O)C=CC(C)(C)C2CCC1(C)C. The summed E-state index contributed by atoms with van der Waals surface area (Å²) in [5.41, 5.74) is 0.493. The summed E-state index contributed by atoms with van der Waals surface area (Å²) in [6, 6.07) is 0. The number of rotatable bonds is 2. The van der Waals surface area contributed by atoms with Gasteiger partial charge in [0.2, 0.25) is 0 Å². The van der Waals surface area contributed by atoms with E-state index in [9.17, 15) is 4.79 Å². The molecule has 0 N–H and O–H groups in total. The molecule has 0 aromatic carbocycles. The van der Waals surface area contributed by atoms with Gasteiger partial charge in [0.15, 0.2) is 5.78 Å². The van der Waals surface area contributed by atoms with Gasteiger partial charge in [0.05, 0.1) is 0 Å². The van der Waals surface area contributed by atoms with E-state index in [2.05, 4.69) is 47.6 Å². The number of carbonyl (C=O) groups is 1. The second-order valence-electron chi connectivity index (χ2n) is 8.45. The smallest absolute Gasteiger partial charge is 0.159 e. The van der Waals surface area contributed by atoms with Crippen LogP contribution in [0.5, 0.6) is 0 Å². The molecule has 1 nitrogen and oxygen atoms in total. The average Bonchev–Trinajstić information content (AvgIpc) is 2.26. The monoisotopic (exact) mass is 262 g/mol. The maximum Gasteiger partial charge on any atom is 0.159 e. The van der Waals surface area contributed by atoms with E-state index in [1.54, 1.807) is 0 Å². The van der Waals surface area contributed by atoms with E-state index in [4.69, 9.17) is 0 Å². The number of hydrogen-bond acceptors (Lipinski definition) is 1. The van der Waals surface area contributed by atoms with E-state index in [0.29, 0.717) is 29.0 Å². The normalized spacial score (nSPS) is 36.4. The number of hydrogen-bond donors (Lipinski definition) is 0. The molecule has 1 heteroatoms. The first-order valence-corrected chi connectivity index (χ1v) is 7.88. The summed E-state index contributed by atoms with van der Waals surface area (Å²) in [6.07, 6.45) is 7.67. The molecule has 0 bridgehead atoms. The highest BCUT2D eigenvalue weighted by atomic mass is 16.1. The standard InChI is InChI=1S/C18H30O/c1-12(2)11-14-16-13(7-9-18(14,5)6)17(3,4)10-8-15(16)19/h8,10,12-14,16H,7,9,11H2,1-6H3. The molecule has 19 heavy (non-hydrogen) atoms. The Morgan fingerprint density at radius 2 is 1.89 bits per heavy atom. The van der Waals surface area contributed by atoms with Crippen molar-refractivity contribution in [3.05, 3.63) is 12.2 Å². The topological polar surface area (TPSA) is 17.1 Å². The molecule has 2 aliphatic rings. The summed E-state index contributed by atoms with van der Waals surface area (Å²) in [6.45, 7) is 13.9.